The molecule has 1 aliphatic heterocycles. The molecule has 29 heavy (non-hydrogen) atoms. The number of nitrogens with zero attached hydrogens (tertiary/aromatic N) is 2. The molecular weight excluding hydrogens is 392 g/mol. The lowest BCUT2D eigenvalue weighted by molar-refractivity contribution is -0.115. The summed E-state index contributed by atoms with van der Waals surface area (Å²) in [6, 6.07) is 1.85. The molecule has 3 rings (SSSR count). The Kier molecular flexibility index (Phi) is 6.56. The molecule has 2 fully saturated rings. The van der Waals surface area contributed by atoms with Crippen LogP contribution in [0.2, 0.25) is 0 Å². The molecule has 1 saturated carbocycles. The first-order valence-electron chi connectivity index (χ1n) is 9.74. The van der Waals surface area contributed by atoms with Crippen molar-refractivity contribution in [2.24, 2.45) is 5.92 Å². The molecule has 2 heterocycles. The number of thioether (sulfide) groups is 1. The number of amides is 3. The van der Waals surface area contributed by atoms with Crippen LogP contribution in [0.25, 0.3) is 6.08 Å². The fraction of sp³-hybridized carbons (Fsp3) is 0.550. The van der Waals surface area contributed by atoms with E-state index in [0.717, 1.165) is 49.7 Å². The lowest BCUT2D eigenvalue weighted by Gasteiger charge is -2.29. The van der Waals surface area contributed by atoms with E-state index in [4.69, 9.17) is 4.74 Å². The smallest absolute Gasteiger partial charge is 0.407 e. The molecule has 1 saturated heterocycles. The Morgan fingerprint density at radius 2 is 2.03 bits per heavy atom. The van der Waals surface area contributed by atoms with Crippen LogP contribution in [0.4, 0.5) is 9.59 Å². The number of aromatic nitrogens is 2. The first-order valence-corrected chi connectivity index (χ1v) is 10.6. The number of carbonyl (C=O) groups excluding carboxylic acids is 3. The van der Waals surface area contributed by atoms with Gasteiger partial charge in [-0.1, -0.05) is 0 Å². The van der Waals surface area contributed by atoms with Crippen molar-refractivity contribution in [2.45, 2.75) is 64.5 Å². The number of nitrogens with one attached hydrogen (secondary N) is 2. The van der Waals surface area contributed by atoms with E-state index in [1.165, 1.54) is 0 Å². The van der Waals surface area contributed by atoms with Crippen LogP contribution in [0.5, 0.6) is 0 Å². The lowest BCUT2D eigenvalue weighted by Crippen LogP contribution is -2.41. The van der Waals surface area contributed by atoms with Gasteiger partial charge < -0.3 is 10.1 Å². The van der Waals surface area contributed by atoms with Crippen molar-refractivity contribution < 1.29 is 19.1 Å². The van der Waals surface area contributed by atoms with Gasteiger partial charge in [0.1, 0.15) is 11.4 Å². The second-order valence-electron chi connectivity index (χ2n) is 8.32. The highest BCUT2D eigenvalue weighted by Crippen LogP contribution is 2.28. The van der Waals surface area contributed by atoms with E-state index in [1.54, 1.807) is 18.3 Å². The molecule has 0 aromatic carbocycles. The van der Waals surface area contributed by atoms with Crippen LogP contribution in [-0.4, -0.2) is 38.9 Å². The zero-order valence-electron chi connectivity index (χ0n) is 16.9. The summed E-state index contributed by atoms with van der Waals surface area (Å²) < 4.78 is 5.32. The van der Waals surface area contributed by atoms with Gasteiger partial charge in [0.05, 0.1) is 10.6 Å². The molecular formula is C20H26N4O4S. The van der Waals surface area contributed by atoms with Gasteiger partial charge in [0.2, 0.25) is 0 Å². The van der Waals surface area contributed by atoms with E-state index in [0.29, 0.717) is 16.5 Å². The molecule has 0 bridgehead atoms. The average molecular weight is 419 g/mol. The molecule has 0 radical (unpaired) electrons. The van der Waals surface area contributed by atoms with Crippen LogP contribution in [-0.2, 0) is 16.0 Å². The molecule has 0 spiro atoms. The number of hydrogen-bond donors (Lipinski definition) is 2. The number of imide groups is 1. The number of carbonyl (C=O) groups is 3. The van der Waals surface area contributed by atoms with Gasteiger partial charge in [-0.15, -0.1) is 0 Å². The molecule has 9 heteroatoms. The van der Waals surface area contributed by atoms with Gasteiger partial charge >= 0.3 is 6.09 Å². The van der Waals surface area contributed by atoms with Gasteiger partial charge in [-0.05, 0) is 76.3 Å². The van der Waals surface area contributed by atoms with Gasteiger partial charge in [-0.25, -0.2) is 14.8 Å². The lowest BCUT2D eigenvalue weighted by atomic mass is 9.84. The quantitative estimate of drug-likeness (QED) is 0.721. The molecule has 156 valence electrons. The maximum absolute atomic E-state index is 11.9. The van der Waals surface area contributed by atoms with Crippen molar-refractivity contribution in [1.82, 2.24) is 20.6 Å². The van der Waals surface area contributed by atoms with E-state index in [9.17, 15) is 14.4 Å². The predicted molar refractivity (Wildman–Crippen MR) is 110 cm³/mol. The third-order valence-electron chi connectivity index (χ3n) is 4.69. The van der Waals surface area contributed by atoms with E-state index in [1.807, 2.05) is 20.8 Å². The normalized spacial score (nSPS) is 23.8. The summed E-state index contributed by atoms with van der Waals surface area (Å²) in [6.07, 6.45) is 7.40. The minimum atomic E-state index is -0.496. The molecule has 3 amide bonds. The van der Waals surface area contributed by atoms with Crippen LogP contribution >= 0.6 is 11.8 Å². The van der Waals surface area contributed by atoms with Crippen LogP contribution in [0.1, 0.15) is 58.0 Å². The fourth-order valence-corrected chi connectivity index (χ4v) is 4.06. The summed E-state index contributed by atoms with van der Waals surface area (Å²) in [6.45, 7) is 5.55. The van der Waals surface area contributed by atoms with E-state index < -0.39 is 11.5 Å². The second-order valence-corrected chi connectivity index (χ2v) is 9.33. The largest absolute Gasteiger partial charge is 0.444 e. The Morgan fingerprint density at radius 1 is 1.31 bits per heavy atom. The van der Waals surface area contributed by atoms with Crippen molar-refractivity contribution in [3.8, 4) is 0 Å². The summed E-state index contributed by atoms with van der Waals surface area (Å²) in [4.78, 5) is 44.1. The van der Waals surface area contributed by atoms with Gasteiger partial charge in [0, 0.05) is 18.7 Å². The predicted octanol–water partition coefficient (Wildman–Crippen LogP) is 3.43. The van der Waals surface area contributed by atoms with Crippen LogP contribution < -0.4 is 10.6 Å². The number of hydrogen-bond acceptors (Lipinski definition) is 7. The first kappa shape index (κ1) is 21.3. The Labute approximate surface area is 174 Å². The van der Waals surface area contributed by atoms with Crippen molar-refractivity contribution >= 4 is 35.1 Å². The monoisotopic (exact) mass is 418 g/mol. The first-order chi connectivity index (χ1) is 13.7. The molecule has 2 N–H and O–H groups in total. The molecule has 0 unspecified atom stereocenters. The molecule has 1 aromatic rings. The Hall–Kier alpha value is -2.42. The molecule has 2 aliphatic rings. The molecule has 8 nitrogen and oxygen atoms in total. The Morgan fingerprint density at radius 3 is 2.66 bits per heavy atom. The second kappa shape index (κ2) is 8.94. The summed E-state index contributed by atoms with van der Waals surface area (Å²) in [5, 5.41) is 4.81. The zero-order chi connectivity index (χ0) is 21.0. The SMILES string of the molecule is CC(C)(C)OC(=O)NC1CCC(Cc2nccc(/C=C3\SC(=O)NC3=O)n2)CC1. The third kappa shape index (κ3) is 6.56. The highest BCUT2D eigenvalue weighted by Gasteiger charge is 2.26. The van der Waals surface area contributed by atoms with E-state index in [-0.39, 0.29) is 17.4 Å². The maximum Gasteiger partial charge on any atom is 0.407 e. The van der Waals surface area contributed by atoms with Gasteiger partial charge in [-0.3, -0.25) is 14.9 Å². The standard InChI is InChI=1S/C20H26N4O4S/c1-20(2,3)28-18(26)23-13-6-4-12(5-7-13)10-16-21-9-8-14(22-16)11-15-17(25)24-19(27)29-15/h8-9,11-13H,4-7,10H2,1-3H3,(H,23,26)(H,24,25,27)/b15-11-. The zero-order valence-corrected chi connectivity index (χ0v) is 17.7. The van der Waals surface area contributed by atoms with E-state index >= 15 is 0 Å². The Bertz CT molecular complexity index is 826. The minimum absolute atomic E-state index is 0.133. The van der Waals surface area contributed by atoms with Crippen LogP contribution in [0.15, 0.2) is 17.2 Å². The number of rotatable bonds is 4. The topological polar surface area (TPSA) is 110 Å². The summed E-state index contributed by atoms with van der Waals surface area (Å²) >= 11 is 0.875. The molecule has 1 aromatic heterocycles. The van der Waals surface area contributed by atoms with Gasteiger partial charge in [0.15, 0.2) is 0 Å². The van der Waals surface area contributed by atoms with Gasteiger partial charge in [0.25, 0.3) is 11.1 Å². The number of alkyl carbamates (subject to hydrolysis) is 1. The minimum Gasteiger partial charge on any atom is -0.444 e. The van der Waals surface area contributed by atoms with Gasteiger partial charge in [-0.2, -0.15) is 0 Å². The van der Waals surface area contributed by atoms with Crippen LogP contribution in [0, 0.1) is 5.92 Å². The van der Waals surface area contributed by atoms with Crippen molar-refractivity contribution in [2.75, 3.05) is 0 Å². The third-order valence-corrected chi connectivity index (χ3v) is 5.50. The van der Waals surface area contributed by atoms with E-state index in [2.05, 4.69) is 20.6 Å². The highest BCUT2D eigenvalue weighted by atomic mass is 32.2. The summed E-state index contributed by atoms with van der Waals surface area (Å²) in [5.74, 6) is 0.772. The average Bonchev–Trinajstić information content (AvgIpc) is 2.92. The van der Waals surface area contributed by atoms with Crippen LogP contribution in [0.3, 0.4) is 0 Å². The summed E-state index contributed by atoms with van der Waals surface area (Å²) in [5.41, 5.74) is 0.117. The summed E-state index contributed by atoms with van der Waals surface area (Å²) in [7, 11) is 0. The van der Waals surface area contributed by atoms with Crippen molar-refractivity contribution in [1.29, 1.82) is 0 Å². The molecule has 1 aliphatic carbocycles. The maximum atomic E-state index is 11.9. The fourth-order valence-electron chi connectivity index (χ4n) is 3.39. The van der Waals surface area contributed by atoms with Crippen molar-refractivity contribution in [3.63, 3.8) is 0 Å². The molecule has 0 atom stereocenters. The highest BCUT2D eigenvalue weighted by molar-refractivity contribution is 8.18. The number of ether oxygens (including phenoxy) is 1. The Balaban J connectivity index is 1.51. The van der Waals surface area contributed by atoms with Crippen molar-refractivity contribution in [3.05, 3.63) is 28.7 Å².